The number of carbonyl (C=O) groups is 2. The maximum Gasteiger partial charge on any atom is 0.296 e. The topological polar surface area (TPSA) is 91.8 Å². The lowest BCUT2D eigenvalue weighted by atomic mass is 10.1. The fourth-order valence-electron chi connectivity index (χ4n) is 2.29. The van der Waals surface area contributed by atoms with Crippen LogP contribution in [-0.2, 0) is 10.1 Å². The van der Waals surface area contributed by atoms with Crippen molar-refractivity contribution in [2.24, 2.45) is 0 Å². The zero-order valence-corrected chi connectivity index (χ0v) is 12.4. The van der Waals surface area contributed by atoms with Crippen LogP contribution in [0.3, 0.4) is 0 Å². The summed E-state index contributed by atoms with van der Waals surface area (Å²) in [5.74, 6) is -1.32. The van der Waals surface area contributed by atoms with Crippen LogP contribution < -0.4 is 4.90 Å². The van der Waals surface area contributed by atoms with Crippen molar-refractivity contribution in [3.05, 3.63) is 58.6 Å². The fourth-order valence-corrected chi connectivity index (χ4v) is 3.22. The molecule has 1 aliphatic heterocycles. The smallest absolute Gasteiger partial charge is 0.282 e. The van der Waals surface area contributed by atoms with E-state index in [4.69, 9.17) is 11.6 Å². The lowest BCUT2D eigenvalue weighted by Crippen LogP contribution is -2.30. The summed E-state index contributed by atoms with van der Waals surface area (Å²) in [6.45, 7) is 0. The first kappa shape index (κ1) is 14.7. The number of hydrogen-bond donors (Lipinski definition) is 1. The van der Waals surface area contributed by atoms with E-state index in [9.17, 15) is 22.6 Å². The number of amides is 2. The first-order valence-corrected chi connectivity index (χ1v) is 7.87. The Balaban J connectivity index is 2.23. The van der Waals surface area contributed by atoms with Crippen molar-refractivity contribution in [3.8, 4) is 0 Å². The highest BCUT2D eigenvalue weighted by Gasteiger charge is 2.38. The van der Waals surface area contributed by atoms with Crippen molar-refractivity contribution in [1.29, 1.82) is 0 Å². The van der Waals surface area contributed by atoms with Crippen LogP contribution in [0.2, 0.25) is 5.02 Å². The van der Waals surface area contributed by atoms with E-state index in [1.165, 1.54) is 24.3 Å². The molecule has 2 amide bonds. The van der Waals surface area contributed by atoms with Gasteiger partial charge in [-0.05, 0) is 30.3 Å². The van der Waals surface area contributed by atoms with E-state index in [2.05, 4.69) is 0 Å². The monoisotopic (exact) mass is 337 g/mol. The van der Waals surface area contributed by atoms with Crippen LogP contribution >= 0.6 is 11.6 Å². The Hall–Kier alpha value is -2.22. The molecule has 0 spiro atoms. The summed E-state index contributed by atoms with van der Waals surface area (Å²) in [5.41, 5.74) is 0.102. The Bertz CT molecular complexity index is 888. The number of anilines is 1. The van der Waals surface area contributed by atoms with Gasteiger partial charge in [0.1, 0.15) is 4.90 Å². The van der Waals surface area contributed by atoms with Gasteiger partial charge in [-0.2, -0.15) is 8.42 Å². The maximum atomic E-state index is 12.4. The van der Waals surface area contributed by atoms with Crippen molar-refractivity contribution in [2.45, 2.75) is 4.90 Å². The first-order valence-electron chi connectivity index (χ1n) is 6.05. The molecular weight excluding hydrogens is 330 g/mol. The van der Waals surface area contributed by atoms with Gasteiger partial charge in [-0.25, -0.2) is 4.90 Å². The summed E-state index contributed by atoms with van der Waals surface area (Å²) in [4.78, 5) is 24.8. The van der Waals surface area contributed by atoms with Crippen molar-refractivity contribution >= 4 is 39.2 Å². The minimum absolute atomic E-state index is 0.0491. The average Bonchev–Trinajstić information content (AvgIpc) is 2.71. The molecule has 0 aliphatic carbocycles. The van der Waals surface area contributed by atoms with Gasteiger partial charge in [0, 0.05) is 5.02 Å². The van der Waals surface area contributed by atoms with E-state index in [0.717, 1.165) is 6.07 Å². The molecule has 1 N–H and O–H groups in total. The highest BCUT2D eigenvalue weighted by molar-refractivity contribution is 7.86. The summed E-state index contributed by atoms with van der Waals surface area (Å²) in [6, 6.07) is 9.65. The number of halogens is 1. The largest absolute Gasteiger partial charge is 0.296 e. The average molecular weight is 338 g/mol. The molecular formula is C14H8ClNO5S. The zero-order valence-electron chi connectivity index (χ0n) is 10.9. The predicted molar refractivity (Wildman–Crippen MR) is 78.8 cm³/mol. The summed E-state index contributed by atoms with van der Waals surface area (Å²) < 4.78 is 32.3. The van der Waals surface area contributed by atoms with Crippen molar-refractivity contribution in [2.75, 3.05) is 4.90 Å². The highest BCUT2D eigenvalue weighted by Crippen LogP contribution is 2.34. The molecule has 0 fully saturated rings. The van der Waals surface area contributed by atoms with Crippen LogP contribution in [0.15, 0.2) is 47.4 Å². The molecule has 0 saturated heterocycles. The third-order valence-electron chi connectivity index (χ3n) is 3.23. The van der Waals surface area contributed by atoms with Crippen LogP contribution in [0, 0.1) is 0 Å². The molecule has 6 nitrogen and oxygen atoms in total. The molecule has 22 heavy (non-hydrogen) atoms. The van der Waals surface area contributed by atoms with Crippen LogP contribution in [-0.4, -0.2) is 24.8 Å². The van der Waals surface area contributed by atoms with Crippen LogP contribution in [0.25, 0.3) is 0 Å². The molecule has 1 heterocycles. The van der Waals surface area contributed by atoms with E-state index in [1.54, 1.807) is 12.1 Å². The van der Waals surface area contributed by atoms with Gasteiger partial charge in [-0.1, -0.05) is 23.7 Å². The number of hydrogen-bond acceptors (Lipinski definition) is 4. The Morgan fingerprint density at radius 3 is 2.00 bits per heavy atom. The molecule has 0 aromatic heterocycles. The Kier molecular flexibility index (Phi) is 3.28. The van der Waals surface area contributed by atoms with Crippen LogP contribution in [0.1, 0.15) is 20.7 Å². The first-order chi connectivity index (χ1) is 10.3. The van der Waals surface area contributed by atoms with Crippen molar-refractivity contribution in [3.63, 3.8) is 0 Å². The van der Waals surface area contributed by atoms with Gasteiger partial charge in [-0.3, -0.25) is 14.1 Å². The van der Waals surface area contributed by atoms with Gasteiger partial charge in [0.25, 0.3) is 21.9 Å². The number of rotatable bonds is 2. The van der Waals surface area contributed by atoms with Crippen LogP contribution in [0.4, 0.5) is 5.69 Å². The van der Waals surface area contributed by atoms with E-state index >= 15 is 0 Å². The molecule has 0 atom stereocenters. The molecule has 0 saturated carbocycles. The SMILES string of the molecule is O=C1c2ccccc2C(=O)N1c1ccc(Cl)cc1S(=O)(=O)O. The Morgan fingerprint density at radius 2 is 1.50 bits per heavy atom. The van der Waals surface area contributed by atoms with Gasteiger partial charge in [-0.15, -0.1) is 0 Å². The van der Waals surface area contributed by atoms with Crippen molar-refractivity contribution in [1.82, 2.24) is 0 Å². The minimum atomic E-state index is -4.66. The molecule has 0 radical (unpaired) electrons. The summed E-state index contributed by atoms with van der Waals surface area (Å²) in [5, 5.41) is 0.0491. The van der Waals surface area contributed by atoms with Gasteiger partial charge < -0.3 is 0 Å². The predicted octanol–water partition coefficient (Wildman–Crippen LogP) is 2.39. The molecule has 8 heteroatoms. The van der Waals surface area contributed by atoms with E-state index in [1.807, 2.05) is 0 Å². The van der Waals surface area contributed by atoms with E-state index in [0.29, 0.717) is 4.90 Å². The van der Waals surface area contributed by atoms with Gasteiger partial charge in [0.05, 0.1) is 16.8 Å². The number of fused-ring (bicyclic) bond motifs is 1. The van der Waals surface area contributed by atoms with E-state index in [-0.39, 0.29) is 21.8 Å². The summed E-state index contributed by atoms with van der Waals surface area (Å²) in [7, 11) is -4.66. The lowest BCUT2D eigenvalue weighted by molar-refractivity contribution is 0.0925. The van der Waals surface area contributed by atoms with Gasteiger partial charge in [0.15, 0.2) is 0 Å². The second kappa shape index (κ2) is 4.91. The van der Waals surface area contributed by atoms with Gasteiger partial charge in [0.2, 0.25) is 0 Å². The number of imide groups is 1. The third-order valence-corrected chi connectivity index (χ3v) is 4.35. The molecule has 2 aromatic rings. The number of carbonyl (C=O) groups excluding carboxylic acids is 2. The maximum absolute atomic E-state index is 12.4. The zero-order chi connectivity index (χ0) is 16.1. The second-order valence-electron chi connectivity index (χ2n) is 4.58. The molecule has 2 aromatic carbocycles. The van der Waals surface area contributed by atoms with Gasteiger partial charge >= 0.3 is 0 Å². The fraction of sp³-hybridized carbons (Fsp3) is 0. The molecule has 112 valence electrons. The number of benzene rings is 2. The quantitative estimate of drug-likeness (QED) is 0.671. The van der Waals surface area contributed by atoms with E-state index < -0.39 is 26.8 Å². The number of nitrogens with zero attached hydrogens (tertiary/aromatic N) is 1. The molecule has 0 bridgehead atoms. The third kappa shape index (κ3) is 2.19. The molecule has 0 unspecified atom stereocenters. The standard InChI is InChI=1S/C14H8ClNO5S/c15-8-5-6-11(12(7-8)22(19,20)21)16-13(17)9-3-1-2-4-10(9)14(16)18/h1-7H,(H,19,20,21). The lowest BCUT2D eigenvalue weighted by Gasteiger charge is -2.17. The summed E-state index contributed by atoms with van der Waals surface area (Å²) >= 11 is 5.73. The van der Waals surface area contributed by atoms with Crippen LogP contribution in [0.5, 0.6) is 0 Å². The normalized spacial score (nSPS) is 14.4. The summed E-state index contributed by atoms with van der Waals surface area (Å²) in [6.07, 6.45) is 0. The molecule has 3 rings (SSSR count). The molecule has 1 aliphatic rings. The Morgan fingerprint density at radius 1 is 0.955 bits per heavy atom. The highest BCUT2D eigenvalue weighted by atomic mass is 35.5. The van der Waals surface area contributed by atoms with Crippen molar-refractivity contribution < 1.29 is 22.6 Å². The Labute approximate surface area is 130 Å². The minimum Gasteiger partial charge on any atom is -0.282 e. The second-order valence-corrected chi connectivity index (χ2v) is 6.40.